The summed E-state index contributed by atoms with van der Waals surface area (Å²) in [5.74, 6) is 0.796. The zero-order chi connectivity index (χ0) is 26.5. The molecule has 0 aromatic carbocycles. The molecule has 1 amide bonds. The quantitative estimate of drug-likeness (QED) is 0.521. The molecule has 4 heterocycles. The number of carbonyl (C=O) groups is 1. The fraction of sp³-hybridized carbons (Fsp3) is 0.478. The predicted octanol–water partition coefficient (Wildman–Crippen LogP) is 3.06. The Morgan fingerprint density at radius 2 is 1.86 bits per heavy atom. The predicted molar refractivity (Wildman–Crippen MR) is 129 cm³/mol. The smallest absolute Gasteiger partial charge is 0.287 e. The molecule has 1 saturated heterocycles. The molecular formula is C23H29F2N5O5S. The molecule has 196 valence electrons. The van der Waals surface area contributed by atoms with E-state index in [4.69, 9.17) is 4.74 Å². The van der Waals surface area contributed by atoms with Gasteiger partial charge in [0.25, 0.3) is 12.3 Å². The summed E-state index contributed by atoms with van der Waals surface area (Å²) in [6.07, 6.45) is 1.69. The number of imidazole rings is 1. The van der Waals surface area contributed by atoms with E-state index in [1.54, 1.807) is 36.1 Å². The Balaban J connectivity index is 0.000000538. The number of halogens is 2. The summed E-state index contributed by atoms with van der Waals surface area (Å²) in [6.45, 7) is 3.35. The summed E-state index contributed by atoms with van der Waals surface area (Å²) in [4.78, 5) is 25.7. The number of hydrogen-bond acceptors (Lipinski definition) is 8. The molecule has 1 aliphatic rings. The molecule has 1 fully saturated rings. The number of rotatable bonds is 6. The Kier molecular flexibility index (Phi) is 8.56. The number of nitrogens with zero attached hydrogens (tertiary/aromatic N) is 4. The molecule has 10 nitrogen and oxygen atoms in total. The van der Waals surface area contributed by atoms with Crippen LogP contribution in [0.1, 0.15) is 35.9 Å². The number of alkyl halides is 2. The minimum absolute atomic E-state index is 0.0734. The van der Waals surface area contributed by atoms with E-state index in [2.05, 4.69) is 25.0 Å². The molecule has 1 N–H and O–H groups in total. The van der Waals surface area contributed by atoms with Crippen molar-refractivity contribution < 1.29 is 31.5 Å². The van der Waals surface area contributed by atoms with E-state index in [0.29, 0.717) is 35.6 Å². The maximum absolute atomic E-state index is 12.9. The van der Waals surface area contributed by atoms with E-state index in [1.807, 2.05) is 19.9 Å². The maximum Gasteiger partial charge on any atom is 0.287 e. The van der Waals surface area contributed by atoms with E-state index >= 15 is 0 Å². The lowest BCUT2D eigenvalue weighted by atomic mass is 9.95. The number of sulfone groups is 1. The number of hydrogen-bond donors (Lipinski definition) is 1. The molecule has 0 spiro atoms. The first-order valence-electron chi connectivity index (χ1n) is 11.1. The molecular weight excluding hydrogens is 496 g/mol. The second-order valence-corrected chi connectivity index (χ2v) is 11.1. The molecule has 1 aliphatic heterocycles. The van der Waals surface area contributed by atoms with Gasteiger partial charge in [-0.3, -0.25) is 4.79 Å². The van der Waals surface area contributed by atoms with Crippen molar-refractivity contribution in [1.82, 2.24) is 24.8 Å². The summed E-state index contributed by atoms with van der Waals surface area (Å²) >= 11 is 0. The molecule has 0 atom stereocenters. The van der Waals surface area contributed by atoms with E-state index in [-0.39, 0.29) is 23.2 Å². The first-order chi connectivity index (χ1) is 16.9. The third-order valence-corrected chi connectivity index (χ3v) is 7.33. The Labute approximate surface area is 208 Å². The molecule has 36 heavy (non-hydrogen) atoms. The number of pyridine rings is 2. The van der Waals surface area contributed by atoms with Gasteiger partial charge in [0.2, 0.25) is 11.8 Å². The second kappa shape index (κ2) is 11.2. The Morgan fingerprint density at radius 3 is 2.42 bits per heavy atom. The highest BCUT2D eigenvalue weighted by Gasteiger charge is 2.35. The van der Waals surface area contributed by atoms with Crippen LogP contribution in [0.5, 0.6) is 11.8 Å². The van der Waals surface area contributed by atoms with Crippen LogP contribution >= 0.6 is 0 Å². The SMILES string of the molecule is COCC(F)F.Cc1ccc(Oc2cc3c(cn2)nc(C(=O)NC2(C)CCS(=O)(=O)CC2)n3C)nc1. The normalized spacial score (nSPS) is 16.3. The molecule has 0 unspecified atom stereocenters. The van der Waals surface area contributed by atoms with Crippen LogP contribution in [0.4, 0.5) is 8.78 Å². The van der Waals surface area contributed by atoms with Crippen LogP contribution in [-0.2, 0) is 21.6 Å². The molecule has 13 heteroatoms. The molecule has 0 bridgehead atoms. The molecule has 3 aromatic heterocycles. The highest BCUT2D eigenvalue weighted by atomic mass is 32.2. The van der Waals surface area contributed by atoms with Crippen molar-refractivity contribution in [2.45, 2.75) is 38.7 Å². The van der Waals surface area contributed by atoms with Gasteiger partial charge >= 0.3 is 0 Å². The number of aryl methyl sites for hydroxylation is 2. The maximum atomic E-state index is 12.9. The topological polar surface area (TPSA) is 125 Å². The lowest BCUT2D eigenvalue weighted by molar-refractivity contribution is 0.0425. The Morgan fingerprint density at radius 1 is 1.19 bits per heavy atom. The third-order valence-electron chi connectivity index (χ3n) is 5.68. The van der Waals surface area contributed by atoms with Gasteiger partial charge in [-0.25, -0.2) is 32.2 Å². The van der Waals surface area contributed by atoms with Gasteiger partial charge in [0.15, 0.2) is 5.82 Å². The third kappa shape index (κ3) is 7.17. The van der Waals surface area contributed by atoms with Crippen molar-refractivity contribution in [3.63, 3.8) is 0 Å². The number of ether oxygens (including phenoxy) is 2. The van der Waals surface area contributed by atoms with Crippen molar-refractivity contribution in [2.24, 2.45) is 7.05 Å². The van der Waals surface area contributed by atoms with Crippen molar-refractivity contribution in [1.29, 1.82) is 0 Å². The molecule has 0 aliphatic carbocycles. The van der Waals surface area contributed by atoms with Crippen LogP contribution in [-0.4, -0.2) is 71.0 Å². The number of amides is 1. The van der Waals surface area contributed by atoms with Crippen LogP contribution in [0.3, 0.4) is 0 Å². The lowest BCUT2D eigenvalue weighted by Gasteiger charge is -2.34. The first kappa shape index (κ1) is 27.4. The van der Waals surface area contributed by atoms with Gasteiger partial charge in [-0.05, 0) is 32.3 Å². The van der Waals surface area contributed by atoms with Gasteiger partial charge in [0.05, 0.1) is 23.2 Å². The molecule has 0 saturated carbocycles. The average molecular weight is 526 g/mol. The van der Waals surface area contributed by atoms with Crippen LogP contribution in [0.15, 0.2) is 30.6 Å². The zero-order valence-corrected chi connectivity index (χ0v) is 21.3. The average Bonchev–Trinajstić information content (AvgIpc) is 3.14. The summed E-state index contributed by atoms with van der Waals surface area (Å²) in [7, 11) is -0.0313. The fourth-order valence-corrected chi connectivity index (χ4v) is 5.25. The Hall–Kier alpha value is -3.19. The van der Waals surface area contributed by atoms with Crippen LogP contribution in [0.25, 0.3) is 11.0 Å². The van der Waals surface area contributed by atoms with Crippen LogP contribution in [0, 0.1) is 6.92 Å². The van der Waals surface area contributed by atoms with E-state index < -0.39 is 28.4 Å². The van der Waals surface area contributed by atoms with E-state index in [0.717, 1.165) is 5.56 Å². The van der Waals surface area contributed by atoms with Gasteiger partial charge in [0.1, 0.15) is 22.0 Å². The number of carbonyl (C=O) groups excluding carboxylic acids is 1. The van der Waals surface area contributed by atoms with Crippen LogP contribution in [0.2, 0.25) is 0 Å². The monoisotopic (exact) mass is 525 g/mol. The van der Waals surface area contributed by atoms with Gasteiger partial charge in [-0.1, -0.05) is 6.07 Å². The van der Waals surface area contributed by atoms with Crippen molar-refractivity contribution in [3.05, 3.63) is 42.0 Å². The largest absolute Gasteiger partial charge is 0.421 e. The minimum atomic E-state index is -3.02. The van der Waals surface area contributed by atoms with Gasteiger partial charge in [-0.15, -0.1) is 0 Å². The van der Waals surface area contributed by atoms with Crippen molar-refractivity contribution >= 4 is 26.8 Å². The lowest BCUT2D eigenvalue weighted by Crippen LogP contribution is -2.51. The van der Waals surface area contributed by atoms with E-state index in [9.17, 15) is 22.0 Å². The van der Waals surface area contributed by atoms with Crippen molar-refractivity contribution in [2.75, 3.05) is 25.2 Å². The van der Waals surface area contributed by atoms with Crippen LogP contribution < -0.4 is 10.1 Å². The summed E-state index contributed by atoms with van der Waals surface area (Å²) in [5.41, 5.74) is 1.69. The Bertz CT molecular complexity index is 1300. The standard InChI is InChI=1S/C20H23N5O4S.C3H6F2O/c1-13-4-5-16(21-11-13)29-17-10-15-14(12-22-17)23-18(25(15)3)19(26)24-20(2)6-8-30(27,28)9-7-20;1-6-2-3(4)5/h4-5,10-12H,6-9H2,1-3H3,(H,24,26);3H,2H2,1H3. The number of fused-ring (bicyclic) bond motifs is 1. The second-order valence-electron chi connectivity index (χ2n) is 8.79. The van der Waals surface area contributed by atoms with Gasteiger partial charge < -0.3 is 19.4 Å². The molecule has 0 radical (unpaired) electrons. The minimum Gasteiger partial charge on any atom is -0.421 e. The van der Waals surface area contributed by atoms with E-state index in [1.165, 1.54) is 7.11 Å². The van der Waals surface area contributed by atoms with Gasteiger partial charge in [0, 0.05) is 38.0 Å². The summed E-state index contributed by atoms with van der Waals surface area (Å²) in [6, 6.07) is 5.36. The molecule has 3 aromatic rings. The number of aromatic nitrogens is 4. The summed E-state index contributed by atoms with van der Waals surface area (Å²) in [5, 5.41) is 2.96. The highest BCUT2D eigenvalue weighted by molar-refractivity contribution is 7.91. The van der Waals surface area contributed by atoms with Gasteiger partial charge in [-0.2, -0.15) is 0 Å². The molecule has 4 rings (SSSR count). The van der Waals surface area contributed by atoms with Crippen molar-refractivity contribution in [3.8, 4) is 11.8 Å². The first-order valence-corrected chi connectivity index (χ1v) is 13.0. The fourth-order valence-electron chi connectivity index (χ4n) is 3.53. The zero-order valence-electron chi connectivity index (χ0n) is 20.5. The summed E-state index contributed by atoms with van der Waals surface area (Å²) < 4.78 is 56.6. The highest BCUT2D eigenvalue weighted by Crippen LogP contribution is 2.25. The number of methoxy groups -OCH3 is 1. The number of nitrogens with one attached hydrogen (secondary N) is 1.